The van der Waals surface area contributed by atoms with Crippen LogP contribution in [-0.2, 0) is 13.2 Å². The Kier molecular flexibility index (Phi) is 3.62. The molecule has 0 bridgehead atoms. The molecule has 1 heterocycles. The third-order valence-electron chi connectivity index (χ3n) is 2.25. The Hall–Kier alpha value is -2.01. The zero-order chi connectivity index (χ0) is 12.1. The van der Waals surface area contributed by atoms with E-state index in [2.05, 4.69) is 9.97 Å². The van der Waals surface area contributed by atoms with Gasteiger partial charge in [-0.2, -0.15) is 0 Å². The molecular weight excluding hydrogens is 221 g/mol. The fourth-order valence-corrected chi connectivity index (χ4v) is 1.36. The van der Waals surface area contributed by atoms with Gasteiger partial charge in [-0.25, -0.2) is 14.4 Å². The van der Waals surface area contributed by atoms with Gasteiger partial charge in [0.1, 0.15) is 24.4 Å². The predicted molar refractivity (Wildman–Crippen MR) is 60.7 cm³/mol. The topological polar surface area (TPSA) is 61.0 Å². The molecule has 0 unspecified atom stereocenters. The summed E-state index contributed by atoms with van der Waals surface area (Å²) in [6.45, 7) is 0.109. The van der Waals surface area contributed by atoms with Crippen LogP contribution in [0.2, 0.25) is 0 Å². The van der Waals surface area contributed by atoms with E-state index in [-0.39, 0.29) is 24.5 Å². The molecule has 0 spiro atoms. The van der Waals surface area contributed by atoms with Crippen LogP contribution < -0.4 is 10.5 Å². The number of nitrogens with two attached hydrogens (primary N) is 1. The molecule has 0 aliphatic heterocycles. The smallest absolute Gasteiger partial charge is 0.171 e. The summed E-state index contributed by atoms with van der Waals surface area (Å²) in [6.07, 6.45) is 1.29. The van der Waals surface area contributed by atoms with E-state index in [4.69, 9.17) is 10.5 Å². The first-order chi connectivity index (χ1) is 8.31. The number of rotatable bonds is 4. The number of hydrogen-bond acceptors (Lipinski definition) is 4. The maximum absolute atomic E-state index is 13.7. The molecule has 0 fully saturated rings. The molecule has 4 nitrogen and oxygen atoms in total. The maximum Gasteiger partial charge on any atom is 0.171 e. The molecule has 0 atom stereocenters. The zero-order valence-corrected chi connectivity index (χ0v) is 9.14. The van der Waals surface area contributed by atoms with Crippen LogP contribution >= 0.6 is 0 Å². The van der Waals surface area contributed by atoms with Gasteiger partial charge in [0.15, 0.2) is 5.82 Å². The first-order valence-corrected chi connectivity index (χ1v) is 5.17. The summed E-state index contributed by atoms with van der Waals surface area (Å²) in [6, 6.07) is 9.16. The van der Waals surface area contributed by atoms with E-state index in [0.29, 0.717) is 5.75 Å². The molecule has 88 valence electrons. The zero-order valence-electron chi connectivity index (χ0n) is 9.14. The standard InChI is InChI=1S/C12H12FN3O/c13-12-10(6-14)15-8-16-11(12)7-17-9-4-2-1-3-5-9/h1-5,8H,6-7,14H2. The summed E-state index contributed by atoms with van der Waals surface area (Å²) in [4.78, 5) is 7.58. The second-order valence-electron chi connectivity index (χ2n) is 3.39. The molecule has 5 heteroatoms. The molecule has 17 heavy (non-hydrogen) atoms. The lowest BCUT2D eigenvalue weighted by Gasteiger charge is -2.07. The van der Waals surface area contributed by atoms with E-state index < -0.39 is 5.82 Å². The first kappa shape index (κ1) is 11.5. The van der Waals surface area contributed by atoms with Crippen LogP contribution in [0.3, 0.4) is 0 Å². The van der Waals surface area contributed by atoms with Crippen molar-refractivity contribution < 1.29 is 9.13 Å². The van der Waals surface area contributed by atoms with E-state index in [1.807, 2.05) is 18.2 Å². The Bertz CT molecular complexity index is 490. The summed E-state index contributed by atoms with van der Waals surface area (Å²) in [5.74, 6) is 0.172. The molecule has 2 aromatic rings. The van der Waals surface area contributed by atoms with Crippen molar-refractivity contribution in [2.75, 3.05) is 0 Å². The van der Waals surface area contributed by atoms with Crippen LogP contribution in [0, 0.1) is 5.82 Å². The number of hydrogen-bond donors (Lipinski definition) is 1. The third-order valence-corrected chi connectivity index (χ3v) is 2.25. The summed E-state index contributed by atoms with van der Waals surface area (Å²) in [5.41, 5.74) is 5.77. The van der Waals surface area contributed by atoms with Gasteiger partial charge in [0.25, 0.3) is 0 Å². The number of aromatic nitrogens is 2. The lowest BCUT2D eigenvalue weighted by atomic mass is 10.3. The monoisotopic (exact) mass is 233 g/mol. The van der Waals surface area contributed by atoms with Crippen LogP contribution in [-0.4, -0.2) is 9.97 Å². The third kappa shape index (κ3) is 2.76. The van der Waals surface area contributed by atoms with E-state index in [1.165, 1.54) is 6.33 Å². The normalized spacial score (nSPS) is 10.2. The lowest BCUT2D eigenvalue weighted by Crippen LogP contribution is -2.09. The van der Waals surface area contributed by atoms with Crippen molar-refractivity contribution in [2.24, 2.45) is 5.73 Å². The highest BCUT2D eigenvalue weighted by molar-refractivity contribution is 5.21. The van der Waals surface area contributed by atoms with Gasteiger partial charge in [0.2, 0.25) is 0 Å². The molecule has 0 aliphatic rings. The minimum atomic E-state index is -0.495. The second-order valence-corrected chi connectivity index (χ2v) is 3.39. The van der Waals surface area contributed by atoms with Crippen molar-refractivity contribution in [2.45, 2.75) is 13.2 Å². The van der Waals surface area contributed by atoms with E-state index in [9.17, 15) is 4.39 Å². The molecule has 2 N–H and O–H groups in total. The highest BCUT2D eigenvalue weighted by Gasteiger charge is 2.10. The highest BCUT2D eigenvalue weighted by Crippen LogP contribution is 2.13. The fourth-order valence-electron chi connectivity index (χ4n) is 1.36. The Balaban J connectivity index is 2.09. The van der Waals surface area contributed by atoms with Crippen molar-refractivity contribution in [3.63, 3.8) is 0 Å². The largest absolute Gasteiger partial charge is 0.487 e. The maximum atomic E-state index is 13.7. The minimum Gasteiger partial charge on any atom is -0.487 e. The molecule has 0 saturated heterocycles. The van der Waals surface area contributed by atoms with Gasteiger partial charge in [0.05, 0.1) is 5.69 Å². The van der Waals surface area contributed by atoms with Gasteiger partial charge in [-0.15, -0.1) is 0 Å². The van der Waals surface area contributed by atoms with Crippen molar-refractivity contribution in [1.29, 1.82) is 0 Å². The summed E-state index contributed by atoms with van der Waals surface area (Å²) < 4.78 is 19.1. The Morgan fingerprint density at radius 2 is 1.82 bits per heavy atom. The van der Waals surface area contributed by atoms with Gasteiger partial charge < -0.3 is 10.5 Å². The SMILES string of the molecule is NCc1ncnc(COc2ccccc2)c1F. The molecule has 1 aromatic heterocycles. The lowest BCUT2D eigenvalue weighted by molar-refractivity contribution is 0.293. The highest BCUT2D eigenvalue weighted by atomic mass is 19.1. The van der Waals surface area contributed by atoms with Crippen LogP contribution in [0.15, 0.2) is 36.7 Å². The molecule has 1 aromatic carbocycles. The van der Waals surface area contributed by atoms with Crippen LogP contribution in [0.25, 0.3) is 0 Å². The van der Waals surface area contributed by atoms with Gasteiger partial charge in [0, 0.05) is 6.54 Å². The molecular formula is C12H12FN3O. The average Bonchev–Trinajstić information content (AvgIpc) is 2.39. The fraction of sp³-hybridized carbons (Fsp3) is 0.167. The van der Waals surface area contributed by atoms with E-state index in [0.717, 1.165) is 0 Å². The van der Waals surface area contributed by atoms with Crippen molar-refractivity contribution in [3.05, 3.63) is 53.9 Å². The number of benzene rings is 1. The Morgan fingerprint density at radius 3 is 2.53 bits per heavy atom. The number of para-hydroxylation sites is 1. The van der Waals surface area contributed by atoms with Crippen LogP contribution in [0.1, 0.15) is 11.4 Å². The van der Waals surface area contributed by atoms with Gasteiger partial charge in [-0.3, -0.25) is 0 Å². The second kappa shape index (κ2) is 5.36. The van der Waals surface area contributed by atoms with Gasteiger partial charge >= 0.3 is 0 Å². The number of ether oxygens (including phenoxy) is 1. The quantitative estimate of drug-likeness (QED) is 0.872. The molecule has 0 aliphatic carbocycles. The van der Waals surface area contributed by atoms with Crippen molar-refractivity contribution in [3.8, 4) is 5.75 Å². The summed E-state index contributed by atoms with van der Waals surface area (Å²) in [7, 11) is 0. The summed E-state index contributed by atoms with van der Waals surface area (Å²) in [5, 5.41) is 0. The number of nitrogens with zero attached hydrogens (tertiary/aromatic N) is 2. The van der Waals surface area contributed by atoms with Crippen molar-refractivity contribution in [1.82, 2.24) is 9.97 Å². The molecule has 2 rings (SSSR count). The van der Waals surface area contributed by atoms with Crippen LogP contribution in [0.4, 0.5) is 4.39 Å². The Morgan fingerprint density at radius 1 is 1.12 bits per heavy atom. The number of halogens is 1. The average molecular weight is 233 g/mol. The molecule has 0 saturated carbocycles. The van der Waals surface area contributed by atoms with E-state index in [1.54, 1.807) is 12.1 Å². The molecule has 0 amide bonds. The van der Waals surface area contributed by atoms with Gasteiger partial charge in [-0.05, 0) is 12.1 Å². The minimum absolute atomic E-state index is 0.0483. The van der Waals surface area contributed by atoms with Gasteiger partial charge in [-0.1, -0.05) is 18.2 Å². The summed E-state index contributed by atoms with van der Waals surface area (Å²) >= 11 is 0. The first-order valence-electron chi connectivity index (χ1n) is 5.17. The Labute approximate surface area is 98.3 Å². The molecule has 0 radical (unpaired) electrons. The van der Waals surface area contributed by atoms with Crippen LogP contribution in [0.5, 0.6) is 5.75 Å². The van der Waals surface area contributed by atoms with E-state index >= 15 is 0 Å². The predicted octanol–water partition coefficient (Wildman–Crippen LogP) is 1.65. The van der Waals surface area contributed by atoms with Crippen molar-refractivity contribution >= 4 is 0 Å².